The van der Waals surface area contributed by atoms with Gasteiger partial charge in [-0.25, -0.2) is 0 Å². The van der Waals surface area contributed by atoms with Gasteiger partial charge in [-0.2, -0.15) is 0 Å². The Balaban J connectivity index is 1.58. The predicted molar refractivity (Wildman–Crippen MR) is 114 cm³/mol. The molecule has 4 nitrogen and oxygen atoms in total. The predicted octanol–water partition coefficient (Wildman–Crippen LogP) is 4.96. The van der Waals surface area contributed by atoms with E-state index in [0.29, 0.717) is 32.6 Å². The van der Waals surface area contributed by atoms with Crippen LogP contribution < -0.4 is 14.8 Å². The number of hydrogen-bond acceptors (Lipinski definition) is 3. The summed E-state index contributed by atoms with van der Waals surface area (Å²) in [5.74, 6) is 1.71. The summed E-state index contributed by atoms with van der Waals surface area (Å²) >= 11 is 0. The second kappa shape index (κ2) is 10.2. The van der Waals surface area contributed by atoms with Crippen molar-refractivity contribution in [2.75, 3.05) is 19.8 Å². The van der Waals surface area contributed by atoms with Gasteiger partial charge in [-0.15, -0.1) is 0 Å². The molecule has 152 valence electrons. The maximum Gasteiger partial charge on any atom is 0.220 e. The van der Waals surface area contributed by atoms with Crippen molar-refractivity contribution in [2.45, 2.75) is 52.9 Å². The van der Waals surface area contributed by atoms with Crippen LogP contribution in [0, 0.1) is 13.8 Å². The van der Waals surface area contributed by atoms with Crippen molar-refractivity contribution in [3.05, 3.63) is 59.2 Å². The van der Waals surface area contributed by atoms with Crippen molar-refractivity contribution in [1.29, 1.82) is 0 Å². The molecule has 1 amide bonds. The van der Waals surface area contributed by atoms with Crippen LogP contribution in [0.4, 0.5) is 0 Å². The highest BCUT2D eigenvalue weighted by atomic mass is 16.5. The molecule has 0 bridgehead atoms. The number of hydrogen-bond donors (Lipinski definition) is 1. The summed E-state index contributed by atoms with van der Waals surface area (Å²) in [7, 11) is 0. The second-order valence-electron chi connectivity index (χ2n) is 8.25. The first kappa shape index (κ1) is 21.8. The molecule has 2 rings (SSSR count). The summed E-state index contributed by atoms with van der Waals surface area (Å²) in [5.41, 5.74) is 3.76. The van der Waals surface area contributed by atoms with Crippen LogP contribution in [0.3, 0.4) is 0 Å². The van der Waals surface area contributed by atoms with E-state index in [9.17, 15) is 4.79 Å². The third kappa shape index (κ3) is 7.63. The van der Waals surface area contributed by atoms with E-state index in [1.54, 1.807) is 0 Å². The highest BCUT2D eigenvalue weighted by Crippen LogP contribution is 2.24. The highest BCUT2D eigenvalue weighted by molar-refractivity contribution is 5.75. The standard InChI is InChI=1S/C24H33NO3/c1-18-15-19(2)17-22(16-18)28-14-12-25-23(26)7-6-13-27-21-10-8-20(9-11-21)24(3,4)5/h8-11,15-17H,6-7,12-14H2,1-5H3,(H,25,26). The Bertz CT molecular complexity index is 740. The van der Waals surface area contributed by atoms with Gasteiger partial charge in [0.05, 0.1) is 13.2 Å². The van der Waals surface area contributed by atoms with Gasteiger partial charge in [0, 0.05) is 6.42 Å². The number of benzene rings is 2. The lowest BCUT2D eigenvalue weighted by Gasteiger charge is -2.19. The van der Waals surface area contributed by atoms with Crippen LogP contribution in [0.1, 0.15) is 50.3 Å². The molecule has 0 saturated carbocycles. The molecular weight excluding hydrogens is 350 g/mol. The van der Waals surface area contributed by atoms with Crippen LogP contribution in [-0.2, 0) is 10.2 Å². The number of aryl methyl sites for hydroxylation is 2. The number of carbonyl (C=O) groups excluding carboxylic acids is 1. The van der Waals surface area contributed by atoms with E-state index in [-0.39, 0.29) is 11.3 Å². The first-order valence-corrected chi connectivity index (χ1v) is 9.95. The van der Waals surface area contributed by atoms with E-state index in [4.69, 9.17) is 9.47 Å². The molecule has 0 aliphatic heterocycles. The molecule has 28 heavy (non-hydrogen) atoms. The summed E-state index contributed by atoms with van der Waals surface area (Å²) in [5, 5.41) is 2.89. The second-order valence-corrected chi connectivity index (χ2v) is 8.25. The molecular formula is C24H33NO3. The average molecular weight is 384 g/mol. The molecule has 0 atom stereocenters. The fraction of sp³-hybridized carbons (Fsp3) is 0.458. The minimum Gasteiger partial charge on any atom is -0.494 e. The fourth-order valence-corrected chi connectivity index (χ4v) is 2.94. The van der Waals surface area contributed by atoms with Crippen molar-refractivity contribution < 1.29 is 14.3 Å². The van der Waals surface area contributed by atoms with Gasteiger partial charge in [0.25, 0.3) is 0 Å². The Morgan fingerprint density at radius 2 is 1.50 bits per heavy atom. The Morgan fingerprint density at radius 1 is 0.893 bits per heavy atom. The molecule has 1 N–H and O–H groups in total. The average Bonchev–Trinajstić information content (AvgIpc) is 2.61. The summed E-state index contributed by atoms with van der Waals surface area (Å²) < 4.78 is 11.4. The Labute approximate surface area is 169 Å². The summed E-state index contributed by atoms with van der Waals surface area (Å²) in [6.45, 7) is 12.1. The third-order valence-corrected chi connectivity index (χ3v) is 4.43. The van der Waals surface area contributed by atoms with Crippen LogP contribution in [0.5, 0.6) is 11.5 Å². The quantitative estimate of drug-likeness (QED) is 0.623. The van der Waals surface area contributed by atoms with Crippen molar-refractivity contribution in [3.8, 4) is 11.5 Å². The number of rotatable bonds is 9. The van der Waals surface area contributed by atoms with Gasteiger partial charge in [-0.3, -0.25) is 4.79 Å². The van der Waals surface area contributed by atoms with Crippen molar-refractivity contribution in [1.82, 2.24) is 5.32 Å². The van der Waals surface area contributed by atoms with Gasteiger partial charge in [0.1, 0.15) is 18.1 Å². The largest absolute Gasteiger partial charge is 0.494 e. The lowest BCUT2D eigenvalue weighted by Crippen LogP contribution is -2.28. The highest BCUT2D eigenvalue weighted by Gasteiger charge is 2.12. The molecule has 0 saturated heterocycles. The molecule has 0 aromatic heterocycles. The molecule has 0 aliphatic carbocycles. The first-order valence-electron chi connectivity index (χ1n) is 9.95. The zero-order valence-corrected chi connectivity index (χ0v) is 17.8. The minimum absolute atomic E-state index is 0.0238. The summed E-state index contributed by atoms with van der Waals surface area (Å²) in [6, 6.07) is 14.3. The van der Waals surface area contributed by atoms with Crippen LogP contribution in [0.25, 0.3) is 0 Å². The third-order valence-electron chi connectivity index (χ3n) is 4.43. The van der Waals surface area contributed by atoms with E-state index in [1.807, 2.05) is 38.1 Å². The lowest BCUT2D eigenvalue weighted by atomic mass is 9.87. The number of ether oxygens (including phenoxy) is 2. The van der Waals surface area contributed by atoms with Crippen molar-refractivity contribution >= 4 is 5.91 Å². The maximum absolute atomic E-state index is 11.9. The van der Waals surface area contributed by atoms with Crippen LogP contribution in [0.15, 0.2) is 42.5 Å². The van der Waals surface area contributed by atoms with Gasteiger partial charge >= 0.3 is 0 Å². The lowest BCUT2D eigenvalue weighted by molar-refractivity contribution is -0.121. The zero-order chi connectivity index (χ0) is 20.6. The monoisotopic (exact) mass is 383 g/mol. The van der Waals surface area contributed by atoms with Gasteiger partial charge in [0.2, 0.25) is 5.91 Å². The maximum atomic E-state index is 11.9. The minimum atomic E-state index is 0.0238. The molecule has 2 aromatic carbocycles. The summed E-state index contributed by atoms with van der Waals surface area (Å²) in [6.07, 6.45) is 1.13. The Morgan fingerprint density at radius 3 is 2.11 bits per heavy atom. The van der Waals surface area contributed by atoms with Crippen molar-refractivity contribution in [3.63, 3.8) is 0 Å². The number of amides is 1. The molecule has 0 spiro atoms. The van der Waals surface area contributed by atoms with E-state index in [2.05, 4.69) is 44.3 Å². The first-order chi connectivity index (χ1) is 13.2. The molecule has 0 heterocycles. The molecule has 0 unspecified atom stereocenters. The topological polar surface area (TPSA) is 47.6 Å². The molecule has 0 aliphatic rings. The van der Waals surface area contributed by atoms with Gasteiger partial charge in [-0.05, 0) is 66.6 Å². The SMILES string of the molecule is Cc1cc(C)cc(OCCNC(=O)CCCOc2ccc(C(C)(C)C)cc2)c1. The summed E-state index contributed by atoms with van der Waals surface area (Å²) in [4.78, 5) is 11.9. The molecule has 0 fully saturated rings. The Hall–Kier alpha value is -2.49. The van der Waals surface area contributed by atoms with Crippen LogP contribution >= 0.6 is 0 Å². The molecule has 4 heteroatoms. The van der Waals surface area contributed by atoms with Crippen LogP contribution in [-0.4, -0.2) is 25.7 Å². The van der Waals surface area contributed by atoms with Gasteiger partial charge in [-0.1, -0.05) is 39.0 Å². The molecule has 2 aromatic rings. The Kier molecular flexibility index (Phi) is 7.91. The number of nitrogens with one attached hydrogen (secondary N) is 1. The molecule has 0 radical (unpaired) electrons. The van der Waals surface area contributed by atoms with Gasteiger partial charge < -0.3 is 14.8 Å². The fourth-order valence-electron chi connectivity index (χ4n) is 2.94. The van der Waals surface area contributed by atoms with E-state index in [1.165, 1.54) is 16.7 Å². The van der Waals surface area contributed by atoms with E-state index >= 15 is 0 Å². The van der Waals surface area contributed by atoms with E-state index < -0.39 is 0 Å². The van der Waals surface area contributed by atoms with E-state index in [0.717, 1.165) is 11.5 Å². The normalized spacial score (nSPS) is 11.2. The van der Waals surface area contributed by atoms with Crippen LogP contribution in [0.2, 0.25) is 0 Å². The zero-order valence-electron chi connectivity index (χ0n) is 17.8. The number of carbonyl (C=O) groups is 1. The van der Waals surface area contributed by atoms with Gasteiger partial charge in [0.15, 0.2) is 0 Å². The smallest absolute Gasteiger partial charge is 0.220 e. The van der Waals surface area contributed by atoms with Crippen molar-refractivity contribution in [2.24, 2.45) is 0 Å².